The number of aryl methyl sites for hydroxylation is 2. The third kappa shape index (κ3) is 2.22. The van der Waals surface area contributed by atoms with Crippen LogP contribution in [0.5, 0.6) is 0 Å². The molecule has 0 saturated carbocycles. The van der Waals surface area contributed by atoms with Gasteiger partial charge < -0.3 is 0 Å². The summed E-state index contributed by atoms with van der Waals surface area (Å²) in [6, 6.07) is 12.3. The van der Waals surface area contributed by atoms with E-state index in [0.717, 1.165) is 32.9 Å². The molecule has 0 spiro atoms. The lowest BCUT2D eigenvalue weighted by atomic mass is 10.2. The first kappa shape index (κ1) is 13.2. The molecule has 3 heterocycles. The van der Waals surface area contributed by atoms with Crippen LogP contribution in [0, 0.1) is 13.8 Å². The highest BCUT2D eigenvalue weighted by atomic mass is 32.1. The van der Waals surface area contributed by atoms with Gasteiger partial charge in [0.05, 0.1) is 22.6 Å². The Bertz CT molecular complexity index is 1010. The number of para-hydroxylation sites is 1. The maximum Gasteiger partial charge on any atom is 0.194 e. The van der Waals surface area contributed by atoms with E-state index in [9.17, 15) is 0 Å². The number of rotatable bonds is 2. The lowest BCUT2D eigenvalue weighted by molar-refractivity contribution is 1.18. The van der Waals surface area contributed by atoms with E-state index in [1.165, 1.54) is 4.88 Å². The molecule has 0 fully saturated rings. The number of hydrogen-bond donors (Lipinski definition) is 0. The predicted molar refractivity (Wildman–Crippen MR) is 93.2 cm³/mol. The molecule has 4 aromatic rings. The predicted octanol–water partition coefficient (Wildman–Crippen LogP) is 4.73. The van der Waals surface area contributed by atoms with Crippen molar-refractivity contribution in [2.45, 2.75) is 13.8 Å². The van der Waals surface area contributed by atoms with Crippen molar-refractivity contribution in [1.29, 1.82) is 0 Å². The summed E-state index contributed by atoms with van der Waals surface area (Å²) < 4.78 is 2.15. The van der Waals surface area contributed by atoms with E-state index in [2.05, 4.69) is 51.8 Å². The van der Waals surface area contributed by atoms with Crippen molar-refractivity contribution in [2.24, 2.45) is 0 Å². The summed E-state index contributed by atoms with van der Waals surface area (Å²) >= 11 is 1.71. The molecule has 0 radical (unpaired) electrons. The molecule has 22 heavy (non-hydrogen) atoms. The second-order valence-electron chi connectivity index (χ2n) is 5.34. The normalized spacial score (nSPS) is 11.9. The Kier molecular flexibility index (Phi) is 3.05. The van der Waals surface area contributed by atoms with Crippen LogP contribution in [0.25, 0.3) is 28.0 Å². The standard InChI is InChI=1S/C18H15N3S/c1-12-11-21-17(13(2)19-18(21)22-12)10-9-15-8-7-14-5-3-4-6-16(14)20-15/h3-11H,1-2H3/b10-9-. The van der Waals surface area contributed by atoms with Crippen molar-refractivity contribution >= 4 is 39.4 Å². The van der Waals surface area contributed by atoms with Gasteiger partial charge in [-0.2, -0.15) is 0 Å². The molecule has 0 atom stereocenters. The maximum atomic E-state index is 4.68. The molecule has 108 valence electrons. The molecule has 0 bridgehead atoms. The summed E-state index contributed by atoms with van der Waals surface area (Å²) in [5, 5.41) is 1.16. The molecular formula is C18H15N3S. The summed E-state index contributed by atoms with van der Waals surface area (Å²) in [6.07, 6.45) is 6.28. The van der Waals surface area contributed by atoms with Gasteiger partial charge in [0.25, 0.3) is 0 Å². The van der Waals surface area contributed by atoms with Crippen molar-refractivity contribution in [1.82, 2.24) is 14.4 Å². The van der Waals surface area contributed by atoms with Crippen molar-refractivity contribution in [3.05, 3.63) is 64.6 Å². The summed E-state index contributed by atoms with van der Waals surface area (Å²) in [5.74, 6) is 0. The van der Waals surface area contributed by atoms with Crippen LogP contribution in [-0.4, -0.2) is 14.4 Å². The minimum Gasteiger partial charge on any atom is -0.290 e. The fourth-order valence-electron chi connectivity index (χ4n) is 2.62. The molecule has 0 N–H and O–H groups in total. The molecule has 0 amide bonds. The van der Waals surface area contributed by atoms with Crippen molar-refractivity contribution < 1.29 is 0 Å². The van der Waals surface area contributed by atoms with E-state index < -0.39 is 0 Å². The van der Waals surface area contributed by atoms with Gasteiger partial charge in [-0.25, -0.2) is 9.97 Å². The van der Waals surface area contributed by atoms with Gasteiger partial charge in [-0.05, 0) is 38.1 Å². The van der Waals surface area contributed by atoms with Gasteiger partial charge in [-0.3, -0.25) is 4.40 Å². The number of fused-ring (bicyclic) bond motifs is 2. The van der Waals surface area contributed by atoms with Crippen molar-refractivity contribution in [3.8, 4) is 0 Å². The highest BCUT2D eigenvalue weighted by Gasteiger charge is 2.08. The van der Waals surface area contributed by atoms with Gasteiger partial charge in [0.15, 0.2) is 4.96 Å². The van der Waals surface area contributed by atoms with E-state index in [1.54, 1.807) is 11.3 Å². The lowest BCUT2D eigenvalue weighted by Crippen LogP contribution is -1.85. The van der Waals surface area contributed by atoms with E-state index in [4.69, 9.17) is 0 Å². The molecule has 0 unspecified atom stereocenters. The van der Waals surface area contributed by atoms with E-state index in [0.29, 0.717) is 0 Å². The first-order chi connectivity index (χ1) is 10.7. The molecule has 3 nitrogen and oxygen atoms in total. The number of benzene rings is 1. The molecule has 0 aliphatic rings. The van der Waals surface area contributed by atoms with Crippen molar-refractivity contribution in [2.75, 3.05) is 0 Å². The molecule has 1 aromatic carbocycles. The summed E-state index contributed by atoms with van der Waals surface area (Å²) in [5.41, 5.74) is 4.14. The summed E-state index contributed by atoms with van der Waals surface area (Å²) in [4.78, 5) is 11.6. The van der Waals surface area contributed by atoms with Gasteiger partial charge in [0.1, 0.15) is 0 Å². The average molecular weight is 305 g/mol. The minimum atomic E-state index is 0.958. The lowest BCUT2D eigenvalue weighted by Gasteiger charge is -1.98. The zero-order valence-electron chi connectivity index (χ0n) is 12.4. The largest absolute Gasteiger partial charge is 0.290 e. The molecule has 4 heteroatoms. The fourth-order valence-corrected chi connectivity index (χ4v) is 3.50. The van der Waals surface area contributed by atoms with Crippen LogP contribution in [0.3, 0.4) is 0 Å². The molecule has 0 aliphatic carbocycles. The third-order valence-corrected chi connectivity index (χ3v) is 4.59. The van der Waals surface area contributed by atoms with Crippen LogP contribution in [0.2, 0.25) is 0 Å². The Morgan fingerprint density at radius 1 is 1.00 bits per heavy atom. The minimum absolute atomic E-state index is 0.958. The molecule has 4 rings (SSSR count). The summed E-state index contributed by atoms with van der Waals surface area (Å²) in [6.45, 7) is 4.15. The van der Waals surface area contributed by atoms with Gasteiger partial charge in [0, 0.05) is 16.5 Å². The summed E-state index contributed by atoms with van der Waals surface area (Å²) in [7, 11) is 0. The van der Waals surface area contributed by atoms with E-state index in [1.807, 2.05) is 31.2 Å². The number of pyridine rings is 1. The Morgan fingerprint density at radius 2 is 1.86 bits per heavy atom. The van der Waals surface area contributed by atoms with Gasteiger partial charge in [-0.1, -0.05) is 24.3 Å². The average Bonchev–Trinajstić information content (AvgIpc) is 3.00. The zero-order valence-corrected chi connectivity index (χ0v) is 13.3. The second-order valence-corrected chi connectivity index (χ2v) is 6.55. The number of nitrogens with zero attached hydrogens (tertiary/aromatic N) is 3. The Labute approximate surface area is 132 Å². The van der Waals surface area contributed by atoms with E-state index >= 15 is 0 Å². The second kappa shape index (κ2) is 5.07. The topological polar surface area (TPSA) is 30.2 Å². The monoisotopic (exact) mass is 305 g/mol. The SMILES string of the molecule is Cc1cn2c(/C=C\c3ccc4ccccc4n3)c(C)nc2s1. The number of thiazole rings is 1. The van der Waals surface area contributed by atoms with Crippen molar-refractivity contribution in [3.63, 3.8) is 0 Å². The first-order valence-corrected chi connectivity index (χ1v) is 8.01. The van der Waals surface area contributed by atoms with Gasteiger partial charge in [0.2, 0.25) is 0 Å². The van der Waals surface area contributed by atoms with Crippen LogP contribution < -0.4 is 0 Å². The zero-order chi connectivity index (χ0) is 15.1. The Balaban J connectivity index is 1.76. The third-order valence-electron chi connectivity index (χ3n) is 3.69. The molecule has 0 aliphatic heterocycles. The fraction of sp³-hybridized carbons (Fsp3) is 0.111. The molecule has 3 aromatic heterocycles. The Morgan fingerprint density at radius 3 is 2.77 bits per heavy atom. The number of aromatic nitrogens is 3. The van der Waals surface area contributed by atoms with Crippen LogP contribution in [0.1, 0.15) is 22.0 Å². The van der Waals surface area contributed by atoms with E-state index in [-0.39, 0.29) is 0 Å². The number of imidazole rings is 1. The van der Waals surface area contributed by atoms with Gasteiger partial charge >= 0.3 is 0 Å². The highest BCUT2D eigenvalue weighted by molar-refractivity contribution is 7.17. The van der Waals surface area contributed by atoms with Gasteiger partial charge in [-0.15, -0.1) is 11.3 Å². The first-order valence-electron chi connectivity index (χ1n) is 7.20. The Hall–Kier alpha value is -2.46. The van der Waals surface area contributed by atoms with Crippen LogP contribution in [-0.2, 0) is 0 Å². The molecular weight excluding hydrogens is 290 g/mol. The maximum absolute atomic E-state index is 4.68. The molecule has 0 saturated heterocycles. The van der Waals surface area contributed by atoms with Crippen LogP contribution >= 0.6 is 11.3 Å². The number of hydrogen-bond acceptors (Lipinski definition) is 3. The van der Waals surface area contributed by atoms with Crippen LogP contribution in [0.4, 0.5) is 0 Å². The highest BCUT2D eigenvalue weighted by Crippen LogP contribution is 2.22. The quantitative estimate of drug-likeness (QED) is 0.536. The smallest absolute Gasteiger partial charge is 0.194 e. The van der Waals surface area contributed by atoms with Crippen LogP contribution in [0.15, 0.2) is 42.6 Å².